The lowest BCUT2D eigenvalue weighted by molar-refractivity contribution is -0.274. The molecule has 2 aromatic rings. The Labute approximate surface area is 179 Å². The molecule has 0 saturated heterocycles. The zero-order valence-corrected chi connectivity index (χ0v) is 17.0. The van der Waals surface area contributed by atoms with Crippen LogP contribution in [-0.2, 0) is 4.79 Å². The van der Waals surface area contributed by atoms with Gasteiger partial charge in [-0.3, -0.25) is 15.6 Å². The number of halogens is 5. The van der Waals surface area contributed by atoms with Crippen LogP contribution >= 0.6 is 35.4 Å². The highest BCUT2D eigenvalue weighted by molar-refractivity contribution is 7.80. The first-order chi connectivity index (χ1) is 13.5. The number of rotatable bonds is 5. The van der Waals surface area contributed by atoms with Gasteiger partial charge in [-0.25, -0.2) is 0 Å². The number of thiocarbonyl (C=S) groups is 1. The Morgan fingerprint density at radius 3 is 2.34 bits per heavy atom. The first kappa shape index (κ1) is 22.9. The van der Waals surface area contributed by atoms with Gasteiger partial charge in [0, 0.05) is 10.7 Å². The summed E-state index contributed by atoms with van der Waals surface area (Å²) in [6, 6.07) is 9.45. The number of amides is 1. The molecule has 0 aliphatic carbocycles. The topological polar surface area (TPSA) is 71.6 Å². The van der Waals surface area contributed by atoms with Crippen LogP contribution in [0.4, 0.5) is 18.9 Å². The molecular formula is C17H14Cl2F3N3O3S. The van der Waals surface area contributed by atoms with Crippen molar-refractivity contribution in [1.82, 2.24) is 10.9 Å². The van der Waals surface area contributed by atoms with Crippen molar-refractivity contribution in [3.8, 4) is 11.5 Å². The third-order valence-electron chi connectivity index (χ3n) is 3.21. The lowest BCUT2D eigenvalue weighted by atomic mass is 10.3. The van der Waals surface area contributed by atoms with E-state index in [-0.39, 0.29) is 21.6 Å². The van der Waals surface area contributed by atoms with Crippen LogP contribution < -0.4 is 25.6 Å². The summed E-state index contributed by atoms with van der Waals surface area (Å²) in [5, 5.41) is 3.36. The molecule has 0 aromatic heterocycles. The molecule has 0 aliphatic rings. The maximum atomic E-state index is 12.1. The molecule has 0 aliphatic heterocycles. The maximum Gasteiger partial charge on any atom is 0.573 e. The minimum Gasteiger partial charge on any atom is -0.479 e. The molecule has 0 heterocycles. The lowest BCUT2D eigenvalue weighted by Gasteiger charge is -2.17. The molecule has 0 saturated carbocycles. The van der Waals surface area contributed by atoms with Gasteiger partial charge in [0.1, 0.15) is 11.5 Å². The number of hydrazine groups is 1. The zero-order chi connectivity index (χ0) is 21.6. The Kier molecular flexibility index (Phi) is 7.77. The quantitative estimate of drug-likeness (QED) is 0.438. The number of carbonyl (C=O) groups excluding carboxylic acids is 1. The van der Waals surface area contributed by atoms with Crippen molar-refractivity contribution in [2.24, 2.45) is 0 Å². The Hall–Kier alpha value is -2.43. The third-order valence-corrected chi connectivity index (χ3v) is 3.95. The van der Waals surface area contributed by atoms with Crippen molar-refractivity contribution in [1.29, 1.82) is 0 Å². The van der Waals surface area contributed by atoms with Gasteiger partial charge in [0.25, 0.3) is 5.91 Å². The molecular weight excluding hydrogens is 454 g/mol. The summed E-state index contributed by atoms with van der Waals surface area (Å²) in [7, 11) is 0. The number of benzene rings is 2. The number of hydrogen-bond donors (Lipinski definition) is 3. The Bertz CT molecular complexity index is 882. The number of ether oxygens (including phenoxy) is 2. The number of hydrogen-bond acceptors (Lipinski definition) is 4. The van der Waals surface area contributed by atoms with Crippen LogP contribution in [-0.4, -0.2) is 23.5 Å². The van der Waals surface area contributed by atoms with E-state index >= 15 is 0 Å². The summed E-state index contributed by atoms with van der Waals surface area (Å²) in [6.07, 6.45) is -5.69. The molecule has 0 radical (unpaired) electrons. The van der Waals surface area contributed by atoms with E-state index in [0.717, 1.165) is 12.1 Å². The van der Waals surface area contributed by atoms with Gasteiger partial charge >= 0.3 is 6.36 Å². The van der Waals surface area contributed by atoms with Crippen LogP contribution in [0.2, 0.25) is 10.0 Å². The van der Waals surface area contributed by atoms with Crippen LogP contribution in [0.3, 0.4) is 0 Å². The number of carbonyl (C=O) groups is 1. The number of alkyl halides is 3. The minimum absolute atomic E-state index is 0.000403. The molecule has 2 aromatic carbocycles. The Morgan fingerprint density at radius 1 is 1.10 bits per heavy atom. The van der Waals surface area contributed by atoms with Gasteiger partial charge in [-0.2, -0.15) is 0 Å². The van der Waals surface area contributed by atoms with Crippen molar-refractivity contribution in [2.75, 3.05) is 5.32 Å². The SMILES string of the molecule is C[C@H](Oc1ccc(Cl)cc1Cl)C(=O)NNC(=S)Nc1ccc(OC(F)(F)F)cc1. The van der Waals surface area contributed by atoms with Crippen LogP contribution in [0, 0.1) is 0 Å². The molecule has 156 valence electrons. The predicted octanol–water partition coefficient (Wildman–Crippen LogP) is 4.68. The maximum absolute atomic E-state index is 12.1. The van der Waals surface area contributed by atoms with Crippen LogP contribution in [0.15, 0.2) is 42.5 Å². The Morgan fingerprint density at radius 2 is 1.76 bits per heavy atom. The highest BCUT2D eigenvalue weighted by Gasteiger charge is 2.30. The summed E-state index contributed by atoms with van der Waals surface area (Å²) in [5.74, 6) is -0.642. The minimum atomic E-state index is -4.77. The van der Waals surface area contributed by atoms with Crippen molar-refractivity contribution in [3.63, 3.8) is 0 Å². The predicted molar refractivity (Wildman–Crippen MR) is 107 cm³/mol. The van der Waals surface area contributed by atoms with E-state index in [1.807, 2.05) is 0 Å². The molecule has 29 heavy (non-hydrogen) atoms. The summed E-state index contributed by atoms with van der Waals surface area (Å²) in [5.41, 5.74) is 5.16. The van der Waals surface area contributed by atoms with Gasteiger partial charge in [-0.05, 0) is 61.6 Å². The molecule has 1 atom stereocenters. The summed E-state index contributed by atoms with van der Waals surface area (Å²) in [4.78, 5) is 12.1. The van der Waals surface area contributed by atoms with Crippen LogP contribution in [0.25, 0.3) is 0 Å². The van der Waals surface area contributed by atoms with E-state index in [2.05, 4.69) is 20.9 Å². The van der Waals surface area contributed by atoms with Crippen LogP contribution in [0.5, 0.6) is 11.5 Å². The fraction of sp³-hybridized carbons (Fsp3) is 0.176. The highest BCUT2D eigenvalue weighted by Crippen LogP contribution is 2.28. The first-order valence-electron chi connectivity index (χ1n) is 7.88. The molecule has 2 rings (SSSR count). The summed E-state index contributed by atoms with van der Waals surface area (Å²) < 4.78 is 45.6. The summed E-state index contributed by atoms with van der Waals surface area (Å²) in [6.45, 7) is 1.50. The second kappa shape index (κ2) is 9.86. The van der Waals surface area contributed by atoms with Gasteiger partial charge in [0.05, 0.1) is 5.02 Å². The fourth-order valence-corrected chi connectivity index (χ4v) is 2.56. The van der Waals surface area contributed by atoms with E-state index in [9.17, 15) is 18.0 Å². The van der Waals surface area contributed by atoms with E-state index in [0.29, 0.717) is 10.7 Å². The van der Waals surface area contributed by atoms with Gasteiger partial charge in [0.15, 0.2) is 11.2 Å². The van der Waals surface area contributed by atoms with Gasteiger partial charge in [0.2, 0.25) is 0 Å². The fourth-order valence-electron chi connectivity index (χ4n) is 1.94. The second-order valence-corrected chi connectivity index (χ2v) is 6.73. The monoisotopic (exact) mass is 467 g/mol. The molecule has 12 heteroatoms. The van der Waals surface area contributed by atoms with Crippen molar-refractivity contribution < 1.29 is 27.4 Å². The van der Waals surface area contributed by atoms with Gasteiger partial charge in [-0.15, -0.1) is 13.2 Å². The third kappa shape index (κ3) is 7.84. The van der Waals surface area contributed by atoms with Crippen molar-refractivity contribution >= 4 is 52.1 Å². The average molecular weight is 468 g/mol. The molecule has 0 spiro atoms. The highest BCUT2D eigenvalue weighted by atomic mass is 35.5. The smallest absolute Gasteiger partial charge is 0.479 e. The van der Waals surface area contributed by atoms with E-state index < -0.39 is 18.4 Å². The van der Waals surface area contributed by atoms with Crippen molar-refractivity contribution in [3.05, 3.63) is 52.5 Å². The van der Waals surface area contributed by atoms with Gasteiger partial charge in [-0.1, -0.05) is 23.2 Å². The molecule has 0 fully saturated rings. The lowest BCUT2D eigenvalue weighted by Crippen LogP contribution is -2.48. The number of anilines is 1. The van der Waals surface area contributed by atoms with Gasteiger partial charge < -0.3 is 14.8 Å². The number of nitrogens with one attached hydrogen (secondary N) is 3. The first-order valence-corrected chi connectivity index (χ1v) is 9.04. The molecule has 0 bridgehead atoms. The Balaban J connectivity index is 1.81. The molecule has 1 amide bonds. The largest absolute Gasteiger partial charge is 0.573 e. The summed E-state index contributed by atoms with van der Waals surface area (Å²) >= 11 is 16.8. The van der Waals surface area contributed by atoms with E-state index in [4.69, 9.17) is 40.2 Å². The second-order valence-electron chi connectivity index (χ2n) is 5.48. The normalized spacial score (nSPS) is 11.9. The van der Waals surface area contributed by atoms with E-state index in [1.165, 1.54) is 31.2 Å². The van der Waals surface area contributed by atoms with E-state index in [1.54, 1.807) is 6.07 Å². The molecule has 0 unspecified atom stereocenters. The standard InChI is InChI=1S/C17H14Cl2F3N3O3S/c1-9(27-14-7-2-10(18)8-13(14)19)15(26)24-25-16(29)23-11-3-5-12(6-4-11)28-17(20,21)22/h2-9H,1H3,(H,24,26)(H2,23,25,29)/t9-/m0/s1. The molecule has 6 nitrogen and oxygen atoms in total. The van der Waals surface area contributed by atoms with Crippen molar-refractivity contribution in [2.45, 2.75) is 19.4 Å². The molecule has 3 N–H and O–H groups in total. The zero-order valence-electron chi connectivity index (χ0n) is 14.6. The van der Waals surface area contributed by atoms with Crippen LogP contribution in [0.1, 0.15) is 6.92 Å². The average Bonchev–Trinajstić information content (AvgIpc) is 2.62.